The molecule has 0 atom stereocenters. The van der Waals surface area contributed by atoms with Gasteiger partial charge >= 0.3 is 6.03 Å². The summed E-state index contributed by atoms with van der Waals surface area (Å²) in [7, 11) is 0. The van der Waals surface area contributed by atoms with Gasteiger partial charge in [-0.1, -0.05) is 18.2 Å². The molecule has 2 heterocycles. The average Bonchev–Trinajstić information content (AvgIpc) is 3.33. The lowest BCUT2D eigenvalue weighted by Crippen LogP contribution is -2.38. The van der Waals surface area contributed by atoms with Crippen LogP contribution in [0.1, 0.15) is 21.8 Å². The van der Waals surface area contributed by atoms with Crippen molar-refractivity contribution in [2.75, 3.05) is 0 Å². The number of benzene rings is 1. The van der Waals surface area contributed by atoms with E-state index in [0.29, 0.717) is 25.2 Å². The number of nitrogens with one attached hydrogen (secondary N) is 1. The maximum Gasteiger partial charge on any atom is 0.318 e. The largest absolute Gasteiger partial charge is 0.467 e. The molecule has 1 N–H and O–H groups in total. The molecule has 3 aromatic rings. The highest BCUT2D eigenvalue weighted by Crippen LogP contribution is 2.15. The monoisotopic (exact) mass is 351 g/mol. The number of carbonyl (C=O) groups is 1. The van der Waals surface area contributed by atoms with Gasteiger partial charge in [0.15, 0.2) is 0 Å². The number of hydrogen-bond donors (Lipinski definition) is 1. The normalized spacial score (nSPS) is 10.2. The summed E-state index contributed by atoms with van der Waals surface area (Å²) < 4.78 is 5.37. The zero-order valence-electron chi connectivity index (χ0n) is 13.5. The molecule has 6 heteroatoms. The van der Waals surface area contributed by atoms with Crippen LogP contribution in [0.25, 0.3) is 0 Å². The Bertz CT molecular complexity index is 798. The predicted octanol–water partition coefficient (Wildman–Crippen LogP) is 4.12. The fourth-order valence-electron chi connectivity index (χ4n) is 2.37. The Labute approximate surface area is 150 Å². The molecule has 25 heavy (non-hydrogen) atoms. The van der Waals surface area contributed by atoms with E-state index in [9.17, 15) is 4.79 Å². The van der Waals surface area contributed by atoms with Gasteiger partial charge in [0.05, 0.1) is 31.0 Å². The van der Waals surface area contributed by atoms with Crippen molar-refractivity contribution in [2.45, 2.75) is 19.6 Å². The molecule has 0 fully saturated rings. The maximum atomic E-state index is 12.6. The van der Waals surface area contributed by atoms with Crippen molar-refractivity contribution < 1.29 is 9.21 Å². The minimum atomic E-state index is -0.158. The minimum absolute atomic E-state index is 0.158. The highest BCUT2D eigenvalue weighted by Gasteiger charge is 2.16. The van der Waals surface area contributed by atoms with E-state index in [1.54, 1.807) is 34.6 Å². The highest BCUT2D eigenvalue weighted by atomic mass is 32.1. The molecule has 1 aromatic carbocycles. The van der Waals surface area contributed by atoms with Crippen LogP contribution in [-0.2, 0) is 19.6 Å². The molecular weight excluding hydrogens is 334 g/mol. The van der Waals surface area contributed by atoms with Crippen molar-refractivity contribution in [1.82, 2.24) is 10.2 Å². The quantitative estimate of drug-likeness (QED) is 0.726. The van der Waals surface area contributed by atoms with E-state index >= 15 is 0 Å². The van der Waals surface area contributed by atoms with Crippen LogP contribution in [0.2, 0.25) is 0 Å². The third kappa shape index (κ3) is 4.72. The summed E-state index contributed by atoms with van der Waals surface area (Å²) >= 11 is 1.62. The van der Waals surface area contributed by atoms with Gasteiger partial charge in [-0.15, -0.1) is 11.3 Å². The number of carbonyl (C=O) groups excluding carboxylic acids is 1. The van der Waals surface area contributed by atoms with Crippen LogP contribution in [-0.4, -0.2) is 10.9 Å². The first-order chi connectivity index (χ1) is 12.2. The zero-order valence-corrected chi connectivity index (χ0v) is 14.3. The van der Waals surface area contributed by atoms with Crippen molar-refractivity contribution in [3.8, 4) is 6.07 Å². The van der Waals surface area contributed by atoms with Gasteiger partial charge in [0.1, 0.15) is 5.76 Å². The van der Waals surface area contributed by atoms with E-state index in [2.05, 4.69) is 11.4 Å². The Morgan fingerprint density at radius 2 is 2.00 bits per heavy atom. The lowest BCUT2D eigenvalue weighted by Gasteiger charge is -2.21. The van der Waals surface area contributed by atoms with Crippen molar-refractivity contribution in [2.24, 2.45) is 0 Å². The van der Waals surface area contributed by atoms with Crippen LogP contribution in [0, 0.1) is 11.3 Å². The third-order valence-electron chi connectivity index (χ3n) is 3.67. The van der Waals surface area contributed by atoms with Crippen LogP contribution in [0.4, 0.5) is 4.79 Å². The number of thiophene rings is 1. The van der Waals surface area contributed by atoms with E-state index in [-0.39, 0.29) is 6.03 Å². The number of rotatable bonds is 6. The van der Waals surface area contributed by atoms with E-state index in [1.165, 1.54) is 0 Å². The SMILES string of the molecule is N#Cc1ccc(CNC(=O)N(Cc2ccco2)Cc2cccs2)cc1. The van der Waals surface area contributed by atoms with Gasteiger partial charge in [-0.05, 0) is 41.3 Å². The topological polar surface area (TPSA) is 69.3 Å². The minimum Gasteiger partial charge on any atom is -0.467 e. The smallest absolute Gasteiger partial charge is 0.318 e. The van der Waals surface area contributed by atoms with Crippen LogP contribution in [0.15, 0.2) is 64.6 Å². The summed E-state index contributed by atoms with van der Waals surface area (Å²) in [6.45, 7) is 1.34. The number of urea groups is 1. The summed E-state index contributed by atoms with van der Waals surface area (Å²) in [5.74, 6) is 0.741. The van der Waals surface area contributed by atoms with Gasteiger partial charge in [0, 0.05) is 11.4 Å². The first kappa shape index (κ1) is 16.8. The summed E-state index contributed by atoms with van der Waals surface area (Å²) in [4.78, 5) is 15.4. The first-order valence-electron chi connectivity index (χ1n) is 7.81. The van der Waals surface area contributed by atoms with Gasteiger partial charge < -0.3 is 14.6 Å². The van der Waals surface area contributed by atoms with Gasteiger partial charge in [-0.25, -0.2) is 4.79 Å². The second-order valence-corrected chi connectivity index (χ2v) is 6.51. The van der Waals surface area contributed by atoms with E-state index in [0.717, 1.165) is 16.2 Å². The molecule has 0 aliphatic carbocycles. The second-order valence-electron chi connectivity index (χ2n) is 5.48. The molecule has 126 valence electrons. The highest BCUT2D eigenvalue weighted by molar-refractivity contribution is 7.09. The van der Waals surface area contributed by atoms with Gasteiger partial charge in [-0.2, -0.15) is 5.26 Å². The summed E-state index contributed by atoms with van der Waals surface area (Å²) in [6, 6.07) is 16.7. The second kappa shape index (κ2) is 8.18. The molecule has 2 aromatic heterocycles. The molecule has 0 saturated heterocycles. The number of nitriles is 1. The van der Waals surface area contributed by atoms with Crippen molar-refractivity contribution in [3.63, 3.8) is 0 Å². The predicted molar refractivity (Wildman–Crippen MR) is 95.7 cm³/mol. The molecule has 5 nitrogen and oxygen atoms in total. The van der Waals surface area contributed by atoms with Crippen molar-refractivity contribution in [3.05, 3.63) is 81.9 Å². The molecule has 0 aliphatic rings. The van der Waals surface area contributed by atoms with E-state index in [4.69, 9.17) is 9.68 Å². The molecule has 2 amide bonds. The molecule has 0 saturated carbocycles. The van der Waals surface area contributed by atoms with Crippen LogP contribution in [0.3, 0.4) is 0 Å². The summed E-state index contributed by atoms with van der Waals surface area (Å²) in [5.41, 5.74) is 1.55. The van der Waals surface area contributed by atoms with E-state index < -0.39 is 0 Å². The summed E-state index contributed by atoms with van der Waals surface area (Å²) in [6.07, 6.45) is 1.60. The Hall–Kier alpha value is -3.04. The molecule has 0 aliphatic heterocycles. The average molecular weight is 351 g/mol. The Morgan fingerprint density at radius 1 is 1.16 bits per heavy atom. The fourth-order valence-corrected chi connectivity index (χ4v) is 3.09. The fraction of sp³-hybridized carbons (Fsp3) is 0.158. The van der Waals surface area contributed by atoms with E-state index in [1.807, 2.05) is 41.8 Å². The Kier molecular flexibility index (Phi) is 5.50. The van der Waals surface area contributed by atoms with Gasteiger partial charge in [0.2, 0.25) is 0 Å². The number of nitrogens with zero attached hydrogens (tertiary/aromatic N) is 2. The summed E-state index contributed by atoms with van der Waals surface area (Å²) in [5, 5.41) is 13.8. The van der Waals surface area contributed by atoms with Crippen molar-refractivity contribution in [1.29, 1.82) is 5.26 Å². The van der Waals surface area contributed by atoms with Crippen molar-refractivity contribution >= 4 is 17.4 Å². The first-order valence-corrected chi connectivity index (χ1v) is 8.69. The molecule has 0 unspecified atom stereocenters. The molecule has 0 bridgehead atoms. The lowest BCUT2D eigenvalue weighted by atomic mass is 10.1. The van der Waals surface area contributed by atoms with Gasteiger partial charge in [-0.3, -0.25) is 0 Å². The standard InChI is InChI=1S/C19H17N3O2S/c20-11-15-5-7-16(8-6-15)12-21-19(23)22(13-17-3-1-9-24-17)14-18-4-2-10-25-18/h1-10H,12-14H2,(H,21,23). The molecule has 0 radical (unpaired) electrons. The number of amides is 2. The number of furan rings is 1. The maximum absolute atomic E-state index is 12.6. The third-order valence-corrected chi connectivity index (χ3v) is 4.53. The van der Waals surface area contributed by atoms with Gasteiger partial charge in [0.25, 0.3) is 0 Å². The molecular formula is C19H17N3O2S. The molecule has 0 spiro atoms. The molecule has 3 rings (SSSR count). The Morgan fingerprint density at radius 3 is 2.64 bits per heavy atom. The van der Waals surface area contributed by atoms with Crippen LogP contribution < -0.4 is 5.32 Å². The zero-order chi connectivity index (χ0) is 17.5. The lowest BCUT2D eigenvalue weighted by molar-refractivity contribution is 0.187. The Balaban J connectivity index is 1.64. The number of hydrogen-bond acceptors (Lipinski definition) is 4. The van der Waals surface area contributed by atoms with Crippen LogP contribution >= 0.6 is 11.3 Å². The van der Waals surface area contributed by atoms with Crippen LogP contribution in [0.5, 0.6) is 0 Å².